The molecule has 0 aromatic heterocycles. The van der Waals surface area contributed by atoms with Crippen LogP contribution in [-0.4, -0.2) is 24.0 Å². The summed E-state index contributed by atoms with van der Waals surface area (Å²) in [5.41, 5.74) is 0. The van der Waals surface area contributed by atoms with Crippen LogP contribution in [0.15, 0.2) is 0 Å². The van der Waals surface area contributed by atoms with Crippen LogP contribution in [0.2, 0.25) is 0 Å². The van der Waals surface area contributed by atoms with E-state index >= 15 is 0 Å². The van der Waals surface area contributed by atoms with Crippen molar-refractivity contribution in [2.24, 2.45) is 5.92 Å². The van der Waals surface area contributed by atoms with Crippen LogP contribution in [0.1, 0.15) is 32.6 Å². The molecule has 0 N–H and O–H groups in total. The first-order valence-electron chi connectivity index (χ1n) is 4.51. The molecule has 0 aromatic carbocycles. The number of fused-ring (bicyclic) bond motifs is 2. The zero-order valence-corrected chi connectivity index (χ0v) is 7.01. The van der Waals surface area contributed by atoms with E-state index in [0.717, 1.165) is 18.0 Å². The third-order valence-electron chi connectivity index (χ3n) is 3.44. The highest BCUT2D eigenvalue weighted by atomic mass is 15.2. The maximum Gasteiger partial charge on any atom is 0.0121 e. The van der Waals surface area contributed by atoms with Crippen LogP contribution in [0.5, 0.6) is 0 Å². The molecule has 3 unspecified atom stereocenters. The van der Waals surface area contributed by atoms with E-state index in [-0.39, 0.29) is 0 Å². The molecule has 1 nitrogen and oxygen atoms in total. The summed E-state index contributed by atoms with van der Waals surface area (Å²) >= 11 is 0. The van der Waals surface area contributed by atoms with Crippen molar-refractivity contribution in [2.75, 3.05) is 7.05 Å². The van der Waals surface area contributed by atoms with E-state index in [1.54, 1.807) is 0 Å². The average Bonchev–Trinajstić information content (AvgIpc) is 2.16. The second-order valence-electron chi connectivity index (χ2n) is 4.03. The van der Waals surface area contributed by atoms with E-state index < -0.39 is 0 Å². The third kappa shape index (κ3) is 0.800. The van der Waals surface area contributed by atoms with Crippen LogP contribution in [0, 0.1) is 5.92 Å². The third-order valence-corrected chi connectivity index (χ3v) is 3.44. The zero-order chi connectivity index (χ0) is 7.14. The Kier molecular flexibility index (Phi) is 1.48. The van der Waals surface area contributed by atoms with Gasteiger partial charge in [0.25, 0.3) is 0 Å². The van der Waals surface area contributed by atoms with E-state index in [2.05, 4.69) is 18.9 Å². The smallest absolute Gasteiger partial charge is 0.0121 e. The normalized spacial score (nSPS) is 48.0. The Morgan fingerprint density at radius 1 is 1.30 bits per heavy atom. The number of hydrogen-bond donors (Lipinski definition) is 0. The van der Waals surface area contributed by atoms with Crippen molar-refractivity contribution in [3.05, 3.63) is 0 Å². The van der Waals surface area contributed by atoms with Crippen LogP contribution in [0.3, 0.4) is 0 Å². The van der Waals surface area contributed by atoms with E-state index in [1.165, 1.54) is 25.7 Å². The molecule has 0 aliphatic carbocycles. The van der Waals surface area contributed by atoms with Crippen LogP contribution in [-0.2, 0) is 0 Å². The van der Waals surface area contributed by atoms with Crippen LogP contribution >= 0.6 is 0 Å². The summed E-state index contributed by atoms with van der Waals surface area (Å²) in [7, 11) is 2.30. The zero-order valence-electron chi connectivity index (χ0n) is 7.01. The lowest BCUT2D eigenvalue weighted by atomic mass is 10.00. The number of piperidine rings is 1. The fourth-order valence-electron chi connectivity index (χ4n) is 2.80. The fraction of sp³-hybridized carbons (Fsp3) is 1.00. The summed E-state index contributed by atoms with van der Waals surface area (Å²) in [6, 6.07) is 1.87. The molecular weight excluding hydrogens is 122 g/mol. The van der Waals surface area contributed by atoms with Gasteiger partial charge in [-0.05, 0) is 32.2 Å². The molecule has 0 amide bonds. The van der Waals surface area contributed by atoms with Crippen LogP contribution in [0.4, 0.5) is 0 Å². The standard InChI is InChI=1S/C9H17N/c1-7-6-8-4-3-5-9(7)10(8)2/h7-9H,3-6H2,1-2H3. The lowest BCUT2D eigenvalue weighted by molar-refractivity contribution is 0.167. The van der Waals surface area contributed by atoms with E-state index in [0.29, 0.717) is 0 Å². The van der Waals surface area contributed by atoms with Crippen LogP contribution < -0.4 is 0 Å². The van der Waals surface area contributed by atoms with E-state index in [1.807, 2.05) is 0 Å². The minimum atomic E-state index is 0.929. The van der Waals surface area contributed by atoms with Gasteiger partial charge in [0.15, 0.2) is 0 Å². The van der Waals surface area contributed by atoms with Gasteiger partial charge in [-0.15, -0.1) is 0 Å². The molecule has 2 heterocycles. The molecule has 0 aromatic rings. The quantitative estimate of drug-likeness (QED) is 0.495. The second kappa shape index (κ2) is 2.23. The van der Waals surface area contributed by atoms with Gasteiger partial charge < -0.3 is 4.90 Å². The molecule has 1 heteroatoms. The van der Waals surface area contributed by atoms with Crippen molar-refractivity contribution in [1.82, 2.24) is 4.90 Å². The molecule has 0 radical (unpaired) electrons. The molecule has 2 bridgehead atoms. The van der Waals surface area contributed by atoms with Gasteiger partial charge in [0, 0.05) is 12.1 Å². The van der Waals surface area contributed by atoms with Crippen molar-refractivity contribution < 1.29 is 0 Å². The highest BCUT2D eigenvalue weighted by molar-refractivity contribution is 4.93. The Balaban J connectivity index is 2.14. The van der Waals surface area contributed by atoms with Gasteiger partial charge in [-0.1, -0.05) is 13.3 Å². The van der Waals surface area contributed by atoms with Crippen molar-refractivity contribution in [1.29, 1.82) is 0 Å². The fourth-order valence-corrected chi connectivity index (χ4v) is 2.80. The minimum absolute atomic E-state index is 0.929. The summed E-state index contributed by atoms with van der Waals surface area (Å²) in [4.78, 5) is 2.61. The maximum absolute atomic E-state index is 2.61. The topological polar surface area (TPSA) is 3.24 Å². The molecule has 0 spiro atoms. The van der Waals surface area contributed by atoms with Gasteiger partial charge in [0.05, 0.1) is 0 Å². The largest absolute Gasteiger partial charge is 0.300 e. The van der Waals surface area contributed by atoms with Crippen molar-refractivity contribution in [3.63, 3.8) is 0 Å². The van der Waals surface area contributed by atoms with Gasteiger partial charge in [-0.3, -0.25) is 0 Å². The molecule has 2 rings (SSSR count). The Morgan fingerprint density at radius 3 is 2.70 bits per heavy atom. The predicted molar refractivity (Wildman–Crippen MR) is 43.0 cm³/mol. The minimum Gasteiger partial charge on any atom is -0.300 e. The van der Waals surface area contributed by atoms with Gasteiger partial charge >= 0.3 is 0 Å². The highest BCUT2D eigenvalue weighted by Crippen LogP contribution is 2.37. The lowest BCUT2D eigenvalue weighted by Gasteiger charge is -2.31. The van der Waals surface area contributed by atoms with Gasteiger partial charge in [0.2, 0.25) is 0 Å². The molecule has 2 aliphatic heterocycles. The molecule has 3 atom stereocenters. The molecule has 10 heavy (non-hydrogen) atoms. The SMILES string of the molecule is CC1CC2CCCC1N2C. The number of nitrogens with zero attached hydrogens (tertiary/aromatic N) is 1. The maximum atomic E-state index is 2.61. The lowest BCUT2D eigenvalue weighted by Crippen LogP contribution is -2.37. The van der Waals surface area contributed by atoms with E-state index in [4.69, 9.17) is 0 Å². The predicted octanol–water partition coefficient (Wildman–Crippen LogP) is 1.88. The molecule has 0 saturated carbocycles. The van der Waals surface area contributed by atoms with Crippen molar-refractivity contribution in [3.8, 4) is 0 Å². The molecular formula is C9H17N. The van der Waals surface area contributed by atoms with Gasteiger partial charge in [-0.25, -0.2) is 0 Å². The Bertz CT molecular complexity index is 133. The first kappa shape index (κ1) is 6.66. The summed E-state index contributed by atoms with van der Waals surface area (Å²) < 4.78 is 0. The van der Waals surface area contributed by atoms with E-state index in [9.17, 15) is 0 Å². The number of rotatable bonds is 0. The monoisotopic (exact) mass is 139 g/mol. The summed E-state index contributed by atoms with van der Waals surface area (Å²) in [5.74, 6) is 0.970. The van der Waals surface area contributed by atoms with Crippen molar-refractivity contribution in [2.45, 2.75) is 44.7 Å². The molecule has 58 valence electrons. The molecule has 2 aliphatic rings. The van der Waals surface area contributed by atoms with Gasteiger partial charge in [0.1, 0.15) is 0 Å². The summed E-state index contributed by atoms with van der Waals surface area (Å²) in [5, 5.41) is 0. The first-order chi connectivity index (χ1) is 4.79. The van der Waals surface area contributed by atoms with Gasteiger partial charge in [-0.2, -0.15) is 0 Å². The Hall–Kier alpha value is -0.0400. The van der Waals surface area contributed by atoms with Crippen molar-refractivity contribution >= 4 is 0 Å². The summed E-state index contributed by atoms with van der Waals surface area (Å²) in [6.45, 7) is 2.41. The van der Waals surface area contributed by atoms with Crippen LogP contribution in [0.25, 0.3) is 0 Å². The number of hydrogen-bond acceptors (Lipinski definition) is 1. The highest BCUT2D eigenvalue weighted by Gasteiger charge is 2.38. The summed E-state index contributed by atoms with van der Waals surface area (Å²) in [6.07, 6.45) is 5.84. The second-order valence-corrected chi connectivity index (χ2v) is 4.03. The Morgan fingerprint density at radius 2 is 2.10 bits per heavy atom. The average molecular weight is 139 g/mol. The molecule has 2 saturated heterocycles. The molecule has 2 fully saturated rings. The first-order valence-corrected chi connectivity index (χ1v) is 4.51. The Labute approximate surface area is 63.4 Å².